The number of nitrogens with zero attached hydrogens (tertiary/aromatic N) is 2. The lowest BCUT2D eigenvalue weighted by atomic mass is 9.80. The number of aliphatic hydroxyl groups excluding tert-OH is 1. The van der Waals surface area contributed by atoms with E-state index in [-0.39, 0.29) is 6.04 Å². The summed E-state index contributed by atoms with van der Waals surface area (Å²) in [7, 11) is 0. The van der Waals surface area contributed by atoms with E-state index < -0.39 is 17.4 Å². The minimum Gasteiger partial charge on any atom is -0.389 e. The van der Waals surface area contributed by atoms with Crippen LogP contribution in [0.5, 0.6) is 0 Å². The number of aromatic nitrogens is 2. The quantitative estimate of drug-likeness (QED) is 0.883. The third kappa shape index (κ3) is 1.59. The predicted octanol–water partition coefficient (Wildman–Crippen LogP) is 1.33. The molecule has 104 valence electrons. The second kappa shape index (κ2) is 4.18. The van der Waals surface area contributed by atoms with Crippen molar-refractivity contribution in [1.82, 2.24) is 9.55 Å². The average Bonchev–Trinajstić information content (AvgIpc) is 2.97. The Bertz CT molecular complexity index is 675. The Kier molecular flexibility index (Phi) is 2.69. The van der Waals surface area contributed by atoms with Crippen LogP contribution in [-0.2, 0) is 4.79 Å². The van der Waals surface area contributed by atoms with Gasteiger partial charge >= 0.3 is 0 Å². The van der Waals surface area contributed by atoms with Gasteiger partial charge in [0, 0.05) is 5.56 Å². The summed E-state index contributed by atoms with van der Waals surface area (Å²) in [5.41, 5.74) is 7.38. The summed E-state index contributed by atoms with van der Waals surface area (Å²) in [6, 6.07) is 7.49. The maximum Gasteiger partial charge on any atom is 0.225 e. The van der Waals surface area contributed by atoms with Crippen LogP contribution in [0.3, 0.4) is 0 Å². The van der Waals surface area contributed by atoms with Gasteiger partial charge < -0.3 is 15.4 Å². The van der Waals surface area contributed by atoms with Crippen LogP contribution in [0.4, 0.5) is 0 Å². The third-order valence-corrected chi connectivity index (χ3v) is 4.19. The van der Waals surface area contributed by atoms with Crippen molar-refractivity contribution in [2.24, 2.45) is 11.1 Å². The number of aliphatic hydroxyl groups is 1. The smallest absolute Gasteiger partial charge is 0.225 e. The molecule has 0 saturated heterocycles. The molecule has 5 nitrogen and oxygen atoms in total. The first-order valence-electron chi connectivity index (χ1n) is 6.53. The van der Waals surface area contributed by atoms with Crippen molar-refractivity contribution in [2.45, 2.75) is 26.0 Å². The Hall–Kier alpha value is -2.14. The van der Waals surface area contributed by atoms with Gasteiger partial charge in [0.05, 0.1) is 35.8 Å². The van der Waals surface area contributed by atoms with Gasteiger partial charge in [0.1, 0.15) is 0 Å². The van der Waals surface area contributed by atoms with Gasteiger partial charge in [0.15, 0.2) is 0 Å². The average molecular weight is 271 g/mol. The number of primary amides is 1. The number of carbonyl (C=O) groups is 1. The Morgan fingerprint density at radius 1 is 1.45 bits per heavy atom. The Morgan fingerprint density at radius 2 is 2.15 bits per heavy atom. The van der Waals surface area contributed by atoms with E-state index in [1.54, 1.807) is 26.4 Å². The molecule has 0 unspecified atom stereocenters. The minimum atomic E-state index is -1.02. The second-order valence-electron chi connectivity index (χ2n) is 5.75. The number of carbonyl (C=O) groups excluding carboxylic acids is 1. The summed E-state index contributed by atoms with van der Waals surface area (Å²) < 4.78 is 1.90. The fourth-order valence-corrected chi connectivity index (χ4v) is 2.74. The van der Waals surface area contributed by atoms with Crippen molar-refractivity contribution in [1.29, 1.82) is 0 Å². The second-order valence-corrected chi connectivity index (χ2v) is 5.75. The molecular formula is C15H17N3O2. The maximum absolute atomic E-state index is 11.6. The van der Waals surface area contributed by atoms with Gasteiger partial charge in [-0.05, 0) is 19.4 Å². The van der Waals surface area contributed by atoms with Crippen molar-refractivity contribution in [3.05, 3.63) is 42.4 Å². The molecule has 3 N–H and O–H groups in total. The lowest BCUT2D eigenvalue weighted by molar-refractivity contribution is -0.133. The number of fused-ring (bicyclic) bond motifs is 3. The van der Waals surface area contributed by atoms with Crippen LogP contribution in [0.2, 0.25) is 0 Å². The lowest BCUT2D eigenvalue weighted by Crippen LogP contribution is -2.45. The van der Waals surface area contributed by atoms with Gasteiger partial charge in [-0.2, -0.15) is 0 Å². The Labute approximate surface area is 117 Å². The lowest BCUT2D eigenvalue weighted by Gasteiger charge is -2.32. The molecule has 2 aromatic rings. The Balaban J connectivity index is 2.14. The molecule has 1 aromatic carbocycles. The standard InChI is InChI=1S/C15H17N3O2/c1-15(2,14(16)20)13(19)12-10-6-4-3-5-9(10)11-7-17-8-18(11)12/h3-8,12-13,19H,1-2H3,(H2,16,20)/t12-,13+/m1/s1. The molecule has 1 aromatic heterocycles. The molecular weight excluding hydrogens is 254 g/mol. The molecule has 0 aliphatic carbocycles. The topological polar surface area (TPSA) is 81.1 Å². The highest BCUT2D eigenvalue weighted by atomic mass is 16.3. The highest BCUT2D eigenvalue weighted by Gasteiger charge is 2.44. The molecule has 20 heavy (non-hydrogen) atoms. The fraction of sp³-hybridized carbons (Fsp3) is 0.333. The highest BCUT2D eigenvalue weighted by molar-refractivity contribution is 5.81. The van der Waals surface area contributed by atoms with E-state index >= 15 is 0 Å². The minimum absolute atomic E-state index is 0.341. The third-order valence-electron chi connectivity index (χ3n) is 4.19. The number of imidazole rings is 1. The van der Waals surface area contributed by atoms with Crippen LogP contribution in [0, 0.1) is 5.41 Å². The molecule has 2 heterocycles. The molecule has 0 spiro atoms. The summed E-state index contributed by atoms with van der Waals surface area (Å²) in [5, 5.41) is 10.7. The largest absolute Gasteiger partial charge is 0.389 e. The molecule has 0 radical (unpaired) electrons. The number of amides is 1. The zero-order valence-electron chi connectivity index (χ0n) is 11.4. The van der Waals surface area contributed by atoms with E-state index in [4.69, 9.17) is 5.73 Å². The SMILES string of the molecule is CC(C)(C(N)=O)[C@@H](O)[C@H]1c2ccccc2-c2cncn21. The number of hydrogen-bond donors (Lipinski definition) is 2. The molecule has 0 fully saturated rings. The normalized spacial score (nSPS) is 18.4. The van der Waals surface area contributed by atoms with Crippen LogP contribution >= 0.6 is 0 Å². The van der Waals surface area contributed by atoms with Crippen LogP contribution in [0.1, 0.15) is 25.5 Å². The van der Waals surface area contributed by atoms with Gasteiger partial charge in [0.2, 0.25) is 5.91 Å². The molecule has 0 bridgehead atoms. The number of benzene rings is 1. The predicted molar refractivity (Wildman–Crippen MR) is 74.8 cm³/mol. The zero-order chi connectivity index (χ0) is 14.5. The zero-order valence-corrected chi connectivity index (χ0v) is 11.4. The highest BCUT2D eigenvalue weighted by Crippen LogP contribution is 2.44. The maximum atomic E-state index is 11.6. The van der Waals surface area contributed by atoms with Gasteiger partial charge in [-0.15, -0.1) is 0 Å². The molecule has 1 aliphatic rings. The number of rotatable bonds is 3. The van der Waals surface area contributed by atoms with Crippen molar-refractivity contribution >= 4 is 5.91 Å². The summed E-state index contributed by atoms with van der Waals surface area (Å²) in [6.07, 6.45) is 2.53. The fourth-order valence-electron chi connectivity index (χ4n) is 2.74. The van der Waals surface area contributed by atoms with E-state index in [9.17, 15) is 9.90 Å². The van der Waals surface area contributed by atoms with Crippen molar-refractivity contribution in [3.63, 3.8) is 0 Å². The monoisotopic (exact) mass is 271 g/mol. The van der Waals surface area contributed by atoms with Gasteiger partial charge in [-0.1, -0.05) is 24.3 Å². The van der Waals surface area contributed by atoms with Gasteiger partial charge in [-0.3, -0.25) is 4.79 Å². The Morgan fingerprint density at radius 3 is 2.85 bits per heavy atom. The van der Waals surface area contributed by atoms with Crippen LogP contribution in [0.15, 0.2) is 36.8 Å². The first-order chi connectivity index (χ1) is 9.44. The summed E-state index contributed by atoms with van der Waals surface area (Å²) in [6.45, 7) is 3.33. The molecule has 5 heteroatoms. The summed E-state index contributed by atoms with van der Waals surface area (Å²) in [5.74, 6) is -0.518. The van der Waals surface area contributed by atoms with Crippen molar-refractivity contribution < 1.29 is 9.90 Å². The molecule has 3 rings (SSSR count). The van der Waals surface area contributed by atoms with Crippen LogP contribution in [-0.4, -0.2) is 26.7 Å². The van der Waals surface area contributed by atoms with Crippen LogP contribution in [0.25, 0.3) is 11.3 Å². The first-order valence-corrected chi connectivity index (χ1v) is 6.53. The van der Waals surface area contributed by atoms with Gasteiger partial charge in [-0.25, -0.2) is 4.98 Å². The molecule has 2 atom stereocenters. The van der Waals surface area contributed by atoms with E-state index in [1.165, 1.54) is 0 Å². The molecule has 1 aliphatic heterocycles. The van der Waals surface area contributed by atoms with Gasteiger partial charge in [0.25, 0.3) is 0 Å². The van der Waals surface area contributed by atoms with Crippen molar-refractivity contribution in [2.75, 3.05) is 0 Å². The van der Waals surface area contributed by atoms with E-state index in [0.717, 1.165) is 16.8 Å². The number of nitrogens with two attached hydrogens (primary N) is 1. The summed E-state index contributed by atoms with van der Waals surface area (Å²) >= 11 is 0. The van der Waals surface area contributed by atoms with Crippen LogP contribution < -0.4 is 5.73 Å². The van der Waals surface area contributed by atoms with E-state index in [0.29, 0.717) is 0 Å². The summed E-state index contributed by atoms with van der Waals surface area (Å²) in [4.78, 5) is 15.8. The number of hydrogen-bond acceptors (Lipinski definition) is 3. The molecule has 0 saturated carbocycles. The van der Waals surface area contributed by atoms with E-state index in [2.05, 4.69) is 4.98 Å². The van der Waals surface area contributed by atoms with Crippen molar-refractivity contribution in [3.8, 4) is 11.3 Å². The first kappa shape index (κ1) is 12.9. The van der Waals surface area contributed by atoms with E-state index in [1.807, 2.05) is 28.8 Å². The molecule has 1 amide bonds.